The van der Waals surface area contributed by atoms with E-state index < -0.39 is 0 Å². The molecular formula is C9H22O3. The van der Waals surface area contributed by atoms with Crippen molar-refractivity contribution in [2.45, 2.75) is 39.6 Å². The summed E-state index contributed by atoms with van der Waals surface area (Å²) >= 11 is 0. The first-order chi connectivity index (χ1) is 5.37. The van der Waals surface area contributed by atoms with Gasteiger partial charge in [0.1, 0.15) is 0 Å². The van der Waals surface area contributed by atoms with Crippen LogP contribution in [-0.2, 0) is 14.2 Å². The van der Waals surface area contributed by atoms with Crippen molar-refractivity contribution < 1.29 is 14.2 Å². The van der Waals surface area contributed by atoms with E-state index in [0.717, 1.165) is 0 Å². The zero-order valence-corrected chi connectivity index (χ0v) is 9.30. The largest absolute Gasteiger partial charge is 0.379 e. The van der Waals surface area contributed by atoms with Crippen molar-refractivity contribution in [2.24, 2.45) is 0 Å². The van der Waals surface area contributed by atoms with Gasteiger partial charge in [0, 0.05) is 21.3 Å². The molecule has 0 aromatic rings. The Balaban J connectivity index is 0. The number of methoxy groups -OCH3 is 3. The molecule has 0 unspecified atom stereocenters. The average Bonchev–Trinajstić information content (AvgIpc) is 2.03. The molecule has 0 saturated carbocycles. The van der Waals surface area contributed by atoms with Gasteiger partial charge in [-0.15, -0.1) is 0 Å². The summed E-state index contributed by atoms with van der Waals surface area (Å²) in [6.45, 7) is 7.90. The van der Waals surface area contributed by atoms with E-state index in [4.69, 9.17) is 4.74 Å². The van der Waals surface area contributed by atoms with Gasteiger partial charge in [-0.1, -0.05) is 0 Å². The smallest absolute Gasteiger partial charge is 0.154 e. The highest BCUT2D eigenvalue weighted by atomic mass is 16.7. The molecule has 0 radical (unpaired) electrons. The minimum atomic E-state index is -0.0648. The van der Waals surface area contributed by atoms with Crippen LogP contribution in [0.1, 0.15) is 27.7 Å². The Morgan fingerprint density at radius 1 is 0.917 bits per heavy atom. The van der Waals surface area contributed by atoms with Crippen LogP contribution < -0.4 is 0 Å². The average molecular weight is 178 g/mol. The van der Waals surface area contributed by atoms with Gasteiger partial charge in [0.25, 0.3) is 0 Å². The van der Waals surface area contributed by atoms with Crippen LogP contribution in [0.3, 0.4) is 0 Å². The summed E-state index contributed by atoms with van der Waals surface area (Å²) in [5.74, 6) is 0. The fraction of sp³-hybridized carbons (Fsp3) is 1.00. The number of ether oxygens (including phenoxy) is 3. The Kier molecular flexibility index (Phi) is 9.03. The number of hydrogen-bond acceptors (Lipinski definition) is 3. The zero-order chi connectivity index (χ0) is 10.2. The second-order valence-corrected chi connectivity index (χ2v) is 3.36. The van der Waals surface area contributed by atoms with Crippen molar-refractivity contribution in [3.63, 3.8) is 0 Å². The molecule has 3 heteroatoms. The third-order valence-electron chi connectivity index (χ3n) is 1.28. The molecule has 0 amide bonds. The summed E-state index contributed by atoms with van der Waals surface area (Å²) in [5, 5.41) is 0. The minimum Gasteiger partial charge on any atom is -0.379 e. The second kappa shape index (κ2) is 7.53. The number of rotatable bonds is 2. The van der Waals surface area contributed by atoms with Crippen molar-refractivity contribution in [3.05, 3.63) is 0 Å². The third kappa shape index (κ3) is 16.5. The Bertz CT molecular complexity index is 82.3. The highest BCUT2D eigenvalue weighted by Crippen LogP contribution is 2.02. The van der Waals surface area contributed by atoms with E-state index in [1.807, 2.05) is 27.7 Å². The van der Waals surface area contributed by atoms with Crippen LogP contribution in [0.4, 0.5) is 0 Å². The van der Waals surface area contributed by atoms with E-state index in [-0.39, 0.29) is 11.9 Å². The van der Waals surface area contributed by atoms with Gasteiger partial charge in [-0.25, -0.2) is 0 Å². The van der Waals surface area contributed by atoms with E-state index in [2.05, 4.69) is 9.47 Å². The molecule has 0 heterocycles. The number of hydrogen-bond donors (Lipinski definition) is 0. The molecule has 0 aromatic heterocycles. The Hall–Kier alpha value is -0.120. The first kappa shape index (κ1) is 14.4. The van der Waals surface area contributed by atoms with E-state index in [1.165, 1.54) is 0 Å². The molecule has 0 N–H and O–H groups in total. The fourth-order valence-corrected chi connectivity index (χ4v) is 0.0962. The van der Waals surface area contributed by atoms with Gasteiger partial charge in [0.05, 0.1) is 5.60 Å². The van der Waals surface area contributed by atoms with E-state index in [0.29, 0.717) is 0 Å². The predicted molar refractivity (Wildman–Crippen MR) is 50.2 cm³/mol. The van der Waals surface area contributed by atoms with Gasteiger partial charge in [-0.05, 0) is 27.7 Å². The van der Waals surface area contributed by atoms with Gasteiger partial charge < -0.3 is 14.2 Å². The second-order valence-electron chi connectivity index (χ2n) is 3.36. The first-order valence-electron chi connectivity index (χ1n) is 3.98. The lowest BCUT2D eigenvalue weighted by atomic mass is 10.2. The van der Waals surface area contributed by atoms with E-state index >= 15 is 0 Å². The topological polar surface area (TPSA) is 27.7 Å². The summed E-state index contributed by atoms with van der Waals surface area (Å²) in [6, 6.07) is 0. The van der Waals surface area contributed by atoms with Crippen LogP contribution in [0.2, 0.25) is 0 Å². The van der Waals surface area contributed by atoms with Crippen molar-refractivity contribution in [1.82, 2.24) is 0 Å². The Morgan fingerprint density at radius 2 is 1.17 bits per heavy atom. The molecule has 3 nitrogen and oxygen atoms in total. The van der Waals surface area contributed by atoms with Crippen molar-refractivity contribution >= 4 is 0 Å². The van der Waals surface area contributed by atoms with Gasteiger partial charge in [0.15, 0.2) is 6.29 Å². The molecule has 0 aliphatic rings. The van der Waals surface area contributed by atoms with Crippen LogP contribution in [0.15, 0.2) is 0 Å². The van der Waals surface area contributed by atoms with Crippen molar-refractivity contribution in [2.75, 3.05) is 21.3 Å². The SMILES string of the molecule is COC(C)(C)C.COC(C)OC. The van der Waals surface area contributed by atoms with Crippen LogP contribution in [0, 0.1) is 0 Å². The van der Waals surface area contributed by atoms with Crippen LogP contribution >= 0.6 is 0 Å². The molecule has 0 aliphatic heterocycles. The molecule has 76 valence electrons. The highest BCUT2D eigenvalue weighted by Gasteiger charge is 2.03. The molecule has 0 atom stereocenters. The third-order valence-corrected chi connectivity index (χ3v) is 1.28. The molecule has 0 saturated heterocycles. The maximum absolute atomic E-state index is 4.94. The Labute approximate surface area is 76.0 Å². The fourth-order valence-electron chi connectivity index (χ4n) is 0.0962. The van der Waals surface area contributed by atoms with Crippen molar-refractivity contribution in [3.8, 4) is 0 Å². The lowest BCUT2D eigenvalue weighted by Gasteiger charge is -2.14. The quantitative estimate of drug-likeness (QED) is 0.606. The maximum Gasteiger partial charge on any atom is 0.154 e. The lowest BCUT2D eigenvalue weighted by molar-refractivity contribution is -0.0877. The molecule has 0 fully saturated rings. The van der Waals surface area contributed by atoms with E-state index in [1.54, 1.807) is 21.3 Å². The summed E-state index contributed by atoms with van der Waals surface area (Å²) in [6.07, 6.45) is -0.0648. The molecule has 0 spiro atoms. The predicted octanol–water partition coefficient (Wildman–Crippen LogP) is 2.06. The van der Waals surface area contributed by atoms with Crippen LogP contribution in [0.5, 0.6) is 0 Å². The molecular weight excluding hydrogens is 156 g/mol. The Morgan fingerprint density at radius 3 is 1.17 bits per heavy atom. The summed E-state index contributed by atoms with van der Waals surface area (Å²) in [4.78, 5) is 0. The molecule has 0 rings (SSSR count). The minimum absolute atomic E-state index is 0.0417. The highest BCUT2D eigenvalue weighted by molar-refractivity contribution is 4.55. The van der Waals surface area contributed by atoms with Gasteiger partial charge in [-0.2, -0.15) is 0 Å². The first-order valence-corrected chi connectivity index (χ1v) is 3.98. The van der Waals surface area contributed by atoms with Crippen LogP contribution in [0.25, 0.3) is 0 Å². The van der Waals surface area contributed by atoms with Crippen LogP contribution in [-0.4, -0.2) is 33.2 Å². The van der Waals surface area contributed by atoms with Gasteiger partial charge in [0.2, 0.25) is 0 Å². The zero-order valence-electron chi connectivity index (χ0n) is 9.30. The van der Waals surface area contributed by atoms with E-state index in [9.17, 15) is 0 Å². The van der Waals surface area contributed by atoms with Gasteiger partial charge >= 0.3 is 0 Å². The lowest BCUT2D eigenvalue weighted by Crippen LogP contribution is -2.15. The monoisotopic (exact) mass is 178 g/mol. The van der Waals surface area contributed by atoms with Gasteiger partial charge in [-0.3, -0.25) is 0 Å². The molecule has 0 aliphatic carbocycles. The normalized spacial score (nSPS) is 11.0. The summed E-state index contributed by atoms with van der Waals surface area (Å²) < 4.78 is 14.3. The summed E-state index contributed by atoms with van der Waals surface area (Å²) in [7, 11) is 4.92. The molecule has 0 bridgehead atoms. The maximum atomic E-state index is 4.94. The molecule has 0 aromatic carbocycles. The molecule has 12 heavy (non-hydrogen) atoms. The summed E-state index contributed by atoms with van der Waals surface area (Å²) in [5.41, 5.74) is 0.0417. The van der Waals surface area contributed by atoms with Crippen molar-refractivity contribution in [1.29, 1.82) is 0 Å². The standard InChI is InChI=1S/C5H12O.C4H10O2/c1-5(2,3)6-4;1-4(5-2)6-3/h1-4H3;4H,1-3H3.